The van der Waals surface area contributed by atoms with E-state index < -0.39 is 0 Å². The van der Waals surface area contributed by atoms with Crippen LogP contribution < -0.4 is 10.2 Å². The molecule has 0 spiro atoms. The molecule has 2 amide bonds. The Morgan fingerprint density at radius 2 is 1.76 bits per heavy atom. The number of benzene rings is 2. The Labute approximate surface area is 206 Å². The van der Waals surface area contributed by atoms with Crippen molar-refractivity contribution in [2.24, 2.45) is 5.92 Å². The van der Waals surface area contributed by atoms with Crippen LogP contribution in [-0.2, 0) is 16.0 Å². The summed E-state index contributed by atoms with van der Waals surface area (Å²) in [5, 5.41) is 3.65. The largest absolute Gasteiger partial charge is 0.381 e. The Kier molecular flexibility index (Phi) is 8.25. The third-order valence-corrected chi connectivity index (χ3v) is 7.08. The van der Waals surface area contributed by atoms with E-state index in [9.17, 15) is 9.59 Å². The zero-order valence-corrected chi connectivity index (χ0v) is 20.2. The van der Waals surface area contributed by atoms with Gasteiger partial charge < -0.3 is 19.9 Å². The number of ether oxygens (including phenoxy) is 1. The fourth-order valence-electron chi connectivity index (χ4n) is 4.54. The monoisotopic (exact) mass is 481 g/mol. The van der Waals surface area contributed by atoms with Gasteiger partial charge in [-0.25, -0.2) is 0 Å². The quantitative estimate of drug-likeness (QED) is 0.648. The van der Waals surface area contributed by atoms with Crippen molar-refractivity contribution in [2.75, 3.05) is 50.8 Å². The molecule has 4 rings (SSSR count). The smallest absolute Gasteiger partial charge is 0.251 e. The number of hydrogen-bond donors (Lipinski definition) is 1. The second-order valence-electron chi connectivity index (χ2n) is 8.87. The molecule has 2 heterocycles. The van der Waals surface area contributed by atoms with Crippen molar-refractivity contribution in [3.63, 3.8) is 0 Å². The molecule has 180 valence electrons. The van der Waals surface area contributed by atoms with Crippen LogP contribution in [0.3, 0.4) is 0 Å². The highest BCUT2D eigenvalue weighted by Crippen LogP contribution is 2.23. The summed E-state index contributed by atoms with van der Waals surface area (Å²) < 4.78 is 5.37. The first-order valence-corrected chi connectivity index (χ1v) is 12.3. The van der Waals surface area contributed by atoms with Crippen LogP contribution in [0.5, 0.6) is 0 Å². The molecule has 0 aromatic heterocycles. The van der Waals surface area contributed by atoms with Crippen LogP contribution in [0.2, 0.25) is 5.02 Å². The highest BCUT2D eigenvalue weighted by atomic mass is 35.5. The lowest BCUT2D eigenvalue weighted by Crippen LogP contribution is -2.49. The Morgan fingerprint density at radius 3 is 2.44 bits per heavy atom. The number of anilines is 1. The average Bonchev–Trinajstić information content (AvgIpc) is 2.89. The van der Waals surface area contributed by atoms with E-state index in [-0.39, 0.29) is 18.2 Å². The normalized spacial score (nSPS) is 16.9. The van der Waals surface area contributed by atoms with E-state index in [0.717, 1.165) is 56.0 Å². The maximum absolute atomic E-state index is 12.9. The van der Waals surface area contributed by atoms with Gasteiger partial charge in [-0.3, -0.25) is 9.59 Å². The molecule has 2 aromatic rings. The number of carbonyl (C=O) groups excluding carboxylic acids is 2. The van der Waals surface area contributed by atoms with Gasteiger partial charge in [0, 0.05) is 62.2 Å². The number of rotatable bonds is 7. The maximum atomic E-state index is 12.9. The number of amides is 2. The van der Waals surface area contributed by atoms with Gasteiger partial charge >= 0.3 is 0 Å². The van der Waals surface area contributed by atoms with E-state index in [4.69, 9.17) is 16.3 Å². The lowest BCUT2D eigenvalue weighted by Gasteiger charge is -2.36. The Balaban J connectivity index is 1.27. The first-order chi connectivity index (χ1) is 16.5. The molecule has 0 atom stereocenters. The highest BCUT2D eigenvalue weighted by Gasteiger charge is 2.23. The molecule has 34 heavy (non-hydrogen) atoms. The number of piperazine rings is 1. The van der Waals surface area contributed by atoms with Gasteiger partial charge in [0.1, 0.15) is 0 Å². The number of hydrogen-bond acceptors (Lipinski definition) is 4. The molecule has 2 aliphatic heterocycles. The summed E-state index contributed by atoms with van der Waals surface area (Å²) >= 11 is 6.33. The van der Waals surface area contributed by atoms with Gasteiger partial charge in [0.15, 0.2) is 0 Å². The molecule has 2 aliphatic rings. The van der Waals surface area contributed by atoms with Crippen LogP contribution >= 0.6 is 11.6 Å². The van der Waals surface area contributed by atoms with Crippen LogP contribution in [0.25, 0.3) is 6.08 Å². The minimum Gasteiger partial charge on any atom is -0.381 e. The lowest BCUT2D eigenvalue weighted by atomic mass is 10.0. The second kappa shape index (κ2) is 11.5. The molecule has 0 saturated carbocycles. The number of nitrogens with one attached hydrogen (secondary N) is 1. The topological polar surface area (TPSA) is 61.9 Å². The molecular weight excluding hydrogens is 450 g/mol. The minimum absolute atomic E-state index is 0.0353. The average molecular weight is 482 g/mol. The van der Waals surface area contributed by atoms with Crippen molar-refractivity contribution in [2.45, 2.75) is 19.3 Å². The summed E-state index contributed by atoms with van der Waals surface area (Å²) in [7, 11) is 0. The predicted molar refractivity (Wildman–Crippen MR) is 136 cm³/mol. The van der Waals surface area contributed by atoms with Gasteiger partial charge in [-0.05, 0) is 60.2 Å². The van der Waals surface area contributed by atoms with Crippen LogP contribution in [0.1, 0.15) is 34.3 Å². The molecule has 2 saturated heterocycles. The lowest BCUT2D eigenvalue weighted by molar-refractivity contribution is -0.130. The maximum Gasteiger partial charge on any atom is 0.251 e. The molecule has 6 nitrogen and oxygen atoms in total. The summed E-state index contributed by atoms with van der Waals surface area (Å²) in [5.74, 6) is 0.538. The first-order valence-electron chi connectivity index (χ1n) is 11.9. The van der Waals surface area contributed by atoms with Crippen molar-refractivity contribution in [3.8, 4) is 0 Å². The molecule has 7 heteroatoms. The third-order valence-electron chi connectivity index (χ3n) is 6.72. The molecule has 0 aliphatic carbocycles. The fourth-order valence-corrected chi connectivity index (χ4v) is 4.79. The number of carbonyl (C=O) groups is 2. The van der Waals surface area contributed by atoms with Crippen molar-refractivity contribution < 1.29 is 14.3 Å². The summed E-state index contributed by atoms with van der Waals surface area (Å²) in [4.78, 5) is 29.5. The van der Waals surface area contributed by atoms with Crippen LogP contribution in [0.15, 0.2) is 49.0 Å². The molecule has 0 unspecified atom stereocenters. The van der Waals surface area contributed by atoms with Gasteiger partial charge in [-0.1, -0.05) is 36.4 Å². The van der Waals surface area contributed by atoms with E-state index >= 15 is 0 Å². The van der Waals surface area contributed by atoms with E-state index in [1.54, 1.807) is 6.08 Å². The van der Waals surface area contributed by atoms with Crippen LogP contribution in [0, 0.1) is 5.92 Å². The number of halogens is 1. The standard InChI is InChI=1S/C27H32ClN3O3/c1-2-21-4-3-5-25(28)24(21)18-26(32)31-14-12-30(13-15-31)23-8-6-22(7-9-23)27(33)29-19-20-10-16-34-17-11-20/h2-9,20H,1,10-19H2,(H,29,33). The third kappa shape index (κ3) is 5.99. The zero-order valence-electron chi connectivity index (χ0n) is 19.5. The molecule has 1 N–H and O–H groups in total. The van der Waals surface area contributed by atoms with Crippen molar-refractivity contribution in [1.29, 1.82) is 0 Å². The predicted octanol–water partition coefficient (Wildman–Crippen LogP) is 4.03. The number of nitrogens with zero attached hydrogens (tertiary/aromatic N) is 2. The van der Waals surface area contributed by atoms with E-state index in [0.29, 0.717) is 36.1 Å². The minimum atomic E-state index is -0.0353. The van der Waals surface area contributed by atoms with Gasteiger partial charge in [0.05, 0.1) is 6.42 Å². The Bertz CT molecular complexity index is 1010. The first kappa shape index (κ1) is 24.3. The highest BCUT2D eigenvalue weighted by molar-refractivity contribution is 6.31. The zero-order chi connectivity index (χ0) is 23.9. The summed E-state index contributed by atoms with van der Waals surface area (Å²) in [6, 6.07) is 13.3. The van der Waals surface area contributed by atoms with Crippen molar-refractivity contribution >= 4 is 35.2 Å². The summed E-state index contributed by atoms with van der Waals surface area (Å²) in [5.41, 5.74) is 3.46. The molecule has 0 bridgehead atoms. The van der Waals surface area contributed by atoms with Gasteiger partial charge in [0.2, 0.25) is 5.91 Å². The Hall–Kier alpha value is -2.83. The molecule has 2 fully saturated rings. The van der Waals surface area contributed by atoms with E-state index in [1.165, 1.54) is 0 Å². The van der Waals surface area contributed by atoms with Crippen LogP contribution in [0.4, 0.5) is 5.69 Å². The molecule has 0 radical (unpaired) electrons. The van der Waals surface area contributed by atoms with Crippen molar-refractivity contribution in [1.82, 2.24) is 10.2 Å². The van der Waals surface area contributed by atoms with E-state index in [2.05, 4.69) is 16.8 Å². The molecule has 2 aromatic carbocycles. The Morgan fingerprint density at radius 1 is 1.06 bits per heavy atom. The van der Waals surface area contributed by atoms with Gasteiger partial charge in [0.25, 0.3) is 5.91 Å². The molecular formula is C27H32ClN3O3. The summed E-state index contributed by atoms with van der Waals surface area (Å²) in [6.07, 6.45) is 4.02. The SMILES string of the molecule is C=Cc1cccc(Cl)c1CC(=O)N1CCN(c2ccc(C(=O)NCC3CCOCC3)cc2)CC1. The summed E-state index contributed by atoms with van der Waals surface area (Å²) in [6.45, 7) is 8.89. The van der Waals surface area contributed by atoms with Gasteiger partial charge in [-0.2, -0.15) is 0 Å². The van der Waals surface area contributed by atoms with Gasteiger partial charge in [-0.15, -0.1) is 0 Å². The van der Waals surface area contributed by atoms with Crippen molar-refractivity contribution in [3.05, 3.63) is 70.8 Å². The van der Waals surface area contributed by atoms with E-state index in [1.807, 2.05) is 47.4 Å². The second-order valence-corrected chi connectivity index (χ2v) is 9.28. The van der Waals surface area contributed by atoms with Crippen LogP contribution in [-0.4, -0.2) is 62.7 Å². The fraction of sp³-hybridized carbons (Fsp3) is 0.407.